The highest BCUT2D eigenvalue weighted by atomic mass is 35.5. The van der Waals surface area contributed by atoms with E-state index < -0.39 is 0 Å². The van der Waals surface area contributed by atoms with E-state index >= 15 is 0 Å². The summed E-state index contributed by atoms with van der Waals surface area (Å²) in [7, 11) is 0. The quantitative estimate of drug-likeness (QED) is 0.733. The summed E-state index contributed by atoms with van der Waals surface area (Å²) in [4.78, 5) is 4.66. The summed E-state index contributed by atoms with van der Waals surface area (Å²) < 4.78 is 2.30. The van der Waals surface area contributed by atoms with Crippen molar-refractivity contribution in [2.24, 2.45) is 5.92 Å². The Bertz CT molecular complexity index is 545. The number of imidazole rings is 1. The minimum absolute atomic E-state index is 0.427. The minimum Gasteiger partial charge on any atom is -0.324 e. The van der Waals surface area contributed by atoms with Gasteiger partial charge in [0.2, 0.25) is 0 Å². The zero-order valence-electron chi connectivity index (χ0n) is 11.6. The van der Waals surface area contributed by atoms with Crippen LogP contribution in [-0.2, 0) is 5.88 Å². The van der Waals surface area contributed by atoms with Crippen molar-refractivity contribution in [2.45, 2.75) is 46.0 Å². The van der Waals surface area contributed by atoms with Gasteiger partial charge in [-0.2, -0.15) is 0 Å². The number of hydrogen-bond donors (Lipinski definition) is 0. The first-order valence-electron chi connectivity index (χ1n) is 6.61. The molecule has 0 fully saturated rings. The highest BCUT2D eigenvalue weighted by molar-refractivity contribution is 6.16. The molecule has 98 valence electrons. The van der Waals surface area contributed by atoms with Crippen LogP contribution in [0.4, 0.5) is 0 Å². The summed E-state index contributed by atoms with van der Waals surface area (Å²) in [6, 6.07) is 6.86. The lowest BCUT2D eigenvalue weighted by Crippen LogP contribution is -2.15. The van der Waals surface area contributed by atoms with Gasteiger partial charge in [-0.3, -0.25) is 0 Å². The van der Waals surface area contributed by atoms with Crippen molar-refractivity contribution in [1.29, 1.82) is 0 Å². The maximum absolute atomic E-state index is 6.05. The molecule has 0 N–H and O–H groups in total. The number of hydrogen-bond acceptors (Lipinski definition) is 1. The van der Waals surface area contributed by atoms with E-state index in [1.54, 1.807) is 0 Å². The molecule has 2 unspecified atom stereocenters. The molecule has 2 rings (SSSR count). The molecule has 0 aliphatic carbocycles. The first-order chi connectivity index (χ1) is 8.58. The summed E-state index contributed by atoms with van der Waals surface area (Å²) in [5, 5.41) is 0. The van der Waals surface area contributed by atoms with Crippen LogP contribution in [-0.4, -0.2) is 9.55 Å². The predicted octanol–water partition coefficient (Wildman–Crippen LogP) is 4.69. The van der Waals surface area contributed by atoms with Gasteiger partial charge < -0.3 is 4.57 Å². The standard InChI is InChI=1S/C15H21ClN2/c1-5-11(3)12(4)18-14-7-6-10(2)8-13(14)17-15(18)9-16/h6-8,11-12H,5,9H2,1-4H3. The molecule has 0 bridgehead atoms. The number of nitrogens with zero attached hydrogens (tertiary/aromatic N) is 2. The lowest BCUT2D eigenvalue weighted by Gasteiger charge is -2.22. The van der Waals surface area contributed by atoms with E-state index in [9.17, 15) is 0 Å². The molecule has 0 aliphatic rings. The molecule has 3 heteroatoms. The highest BCUT2D eigenvalue weighted by Crippen LogP contribution is 2.28. The summed E-state index contributed by atoms with van der Waals surface area (Å²) in [5.41, 5.74) is 3.49. The Balaban J connectivity index is 2.60. The molecule has 18 heavy (non-hydrogen) atoms. The Hall–Kier alpha value is -1.02. The molecule has 0 saturated carbocycles. The molecule has 1 heterocycles. The largest absolute Gasteiger partial charge is 0.324 e. The van der Waals surface area contributed by atoms with Crippen molar-refractivity contribution < 1.29 is 0 Å². The monoisotopic (exact) mass is 264 g/mol. The van der Waals surface area contributed by atoms with E-state index in [4.69, 9.17) is 11.6 Å². The maximum atomic E-state index is 6.05. The topological polar surface area (TPSA) is 17.8 Å². The average Bonchev–Trinajstić information content (AvgIpc) is 2.74. The third-order valence-corrected chi connectivity index (χ3v) is 4.15. The van der Waals surface area contributed by atoms with Gasteiger partial charge in [0.25, 0.3) is 0 Å². The molecule has 0 amide bonds. The average molecular weight is 265 g/mol. The van der Waals surface area contributed by atoms with Gasteiger partial charge in [-0.25, -0.2) is 4.98 Å². The van der Waals surface area contributed by atoms with Crippen LogP contribution in [0.15, 0.2) is 18.2 Å². The normalized spacial score (nSPS) is 14.9. The fourth-order valence-electron chi connectivity index (χ4n) is 2.40. The van der Waals surface area contributed by atoms with E-state index in [2.05, 4.69) is 55.4 Å². The van der Waals surface area contributed by atoms with Gasteiger partial charge in [-0.15, -0.1) is 11.6 Å². The van der Waals surface area contributed by atoms with Gasteiger partial charge in [-0.1, -0.05) is 26.3 Å². The van der Waals surface area contributed by atoms with Crippen LogP contribution >= 0.6 is 11.6 Å². The molecular formula is C15H21ClN2. The van der Waals surface area contributed by atoms with E-state index in [-0.39, 0.29) is 0 Å². The number of aryl methyl sites for hydroxylation is 1. The number of rotatable bonds is 4. The van der Waals surface area contributed by atoms with Crippen molar-refractivity contribution in [3.05, 3.63) is 29.6 Å². The smallest absolute Gasteiger partial charge is 0.125 e. The first kappa shape index (κ1) is 13.4. The summed E-state index contributed by atoms with van der Waals surface area (Å²) in [6.07, 6.45) is 1.16. The third-order valence-electron chi connectivity index (χ3n) is 3.91. The molecule has 1 aromatic carbocycles. The van der Waals surface area contributed by atoms with Crippen molar-refractivity contribution in [3.63, 3.8) is 0 Å². The number of aromatic nitrogens is 2. The molecule has 0 aliphatic heterocycles. The highest BCUT2D eigenvalue weighted by Gasteiger charge is 2.19. The first-order valence-corrected chi connectivity index (χ1v) is 7.15. The summed E-state index contributed by atoms with van der Waals surface area (Å²) in [6.45, 7) is 8.86. The van der Waals surface area contributed by atoms with Crippen molar-refractivity contribution in [3.8, 4) is 0 Å². The summed E-state index contributed by atoms with van der Waals surface area (Å²) >= 11 is 6.05. The molecule has 2 nitrogen and oxygen atoms in total. The fraction of sp³-hybridized carbons (Fsp3) is 0.533. The lowest BCUT2D eigenvalue weighted by atomic mass is 10.0. The van der Waals surface area contributed by atoms with Gasteiger partial charge in [0.1, 0.15) is 5.82 Å². The van der Waals surface area contributed by atoms with Crippen LogP contribution in [0.1, 0.15) is 44.6 Å². The molecule has 0 radical (unpaired) electrons. The van der Waals surface area contributed by atoms with Crippen molar-refractivity contribution in [1.82, 2.24) is 9.55 Å². The summed E-state index contributed by atoms with van der Waals surface area (Å²) in [5.74, 6) is 2.06. The second-order valence-corrected chi connectivity index (χ2v) is 5.42. The van der Waals surface area contributed by atoms with Crippen LogP contribution in [0.3, 0.4) is 0 Å². The van der Waals surface area contributed by atoms with Gasteiger partial charge in [-0.05, 0) is 37.5 Å². The second kappa shape index (κ2) is 5.31. The van der Waals surface area contributed by atoms with E-state index in [0.29, 0.717) is 17.8 Å². The van der Waals surface area contributed by atoms with Gasteiger partial charge >= 0.3 is 0 Å². The van der Waals surface area contributed by atoms with E-state index in [1.807, 2.05) is 0 Å². The van der Waals surface area contributed by atoms with Crippen LogP contribution < -0.4 is 0 Å². The minimum atomic E-state index is 0.427. The number of halogens is 1. The van der Waals surface area contributed by atoms with E-state index in [0.717, 1.165) is 17.8 Å². The lowest BCUT2D eigenvalue weighted by molar-refractivity contribution is 0.371. The Morgan fingerprint density at radius 2 is 2.06 bits per heavy atom. The zero-order valence-corrected chi connectivity index (χ0v) is 12.3. The van der Waals surface area contributed by atoms with Crippen LogP contribution in [0, 0.1) is 12.8 Å². The fourth-order valence-corrected chi connectivity index (χ4v) is 2.59. The Morgan fingerprint density at radius 3 is 2.67 bits per heavy atom. The molecule has 0 spiro atoms. The number of benzene rings is 1. The molecule has 2 aromatic rings. The van der Waals surface area contributed by atoms with Gasteiger partial charge in [0.05, 0.1) is 16.9 Å². The van der Waals surface area contributed by atoms with Crippen LogP contribution in [0.5, 0.6) is 0 Å². The Labute approximate surface area is 114 Å². The molecule has 0 saturated heterocycles. The van der Waals surface area contributed by atoms with Crippen molar-refractivity contribution in [2.75, 3.05) is 0 Å². The van der Waals surface area contributed by atoms with Crippen molar-refractivity contribution >= 4 is 22.6 Å². The maximum Gasteiger partial charge on any atom is 0.125 e. The number of alkyl halides is 1. The SMILES string of the molecule is CCC(C)C(C)n1c(CCl)nc2cc(C)ccc21. The Morgan fingerprint density at radius 1 is 1.33 bits per heavy atom. The van der Waals surface area contributed by atoms with E-state index in [1.165, 1.54) is 11.1 Å². The second-order valence-electron chi connectivity index (χ2n) is 5.15. The molecule has 2 atom stereocenters. The Kier molecular flexibility index (Phi) is 3.96. The van der Waals surface area contributed by atoms with Crippen LogP contribution in [0.2, 0.25) is 0 Å². The molecule has 1 aromatic heterocycles. The number of fused-ring (bicyclic) bond motifs is 1. The van der Waals surface area contributed by atoms with Gasteiger partial charge in [0.15, 0.2) is 0 Å². The molecular weight excluding hydrogens is 244 g/mol. The van der Waals surface area contributed by atoms with Crippen LogP contribution in [0.25, 0.3) is 11.0 Å². The zero-order chi connectivity index (χ0) is 13.3. The van der Waals surface area contributed by atoms with Gasteiger partial charge in [0, 0.05) is 6.04 Å². The third kappa shape index (κ3) is 2.26. The predicted molar refractivity (Wildman–Crippen MR) is 78.2 cm³/mol.